The predicted octanol–water partition coefficient (Wildman–Crippen LogP) is 3.66. The van der Waals surface area contributed by atoms with Gasteiger partial charge in [0.05, 0.1) is 13.7 Å². The normalized spacial score (nSPS) is 11.5. The summed E-state index contributed by atoms with van der Waals surface area (Å²) in [6, 6.07) is 13.2. The number of amides is 1. The van der Waals surface area contributed by atoms with Crippen LogP contribution in [-0.4, -0.2) is 32.3 Å². The number of aryl methyl sites for hydroxylation is 1. The summed E-state index contributed by atoms with van der Waals surface area (Å²) in [6.07, 6.45) is 0.0722. The van der Waals surface area contributed by atoms with Crippen LogP contribution < -0.4 is 19.5 Å². The molecule has 2 rings (SSSR count). The van der Waals surface area contributed by atoms with Crippen molar-refractivity contribution in [2.75, 3.05) is 20.3 Å². The molecule has 5 nitrogen and oxygen atoms in total. The van der Waals surface area contributed by atoms with Crippen LogP contribution in [0.4, 0.5) is 0 Å². The largest absolute Gasteiger partial charge is 0.497 e. The number of benzene rings is 2. The number of rotatable bonds is 9. The van der Waals surface area contributed by atoms with Gasteiger partial charge >= 0.3 is 0 Å². The second-order valence-corrected chi connectivity index (χ2v) is 6.03. The molecule has 0 fully saturated rings. The molecule has 1 amide bonds. The molecule has 2 aromatic rings. The van der Waals surface area contributed by atoms with Gasteiger partial charge in [-0.15, -0.1) is 0 Å². The molecule has 0 saturated carbocycles. The Balaban J connectivity index is 1.82. The first-order valence-corrected chi connectivity index (χ1v) is 8.82. The van der Waals surface area contributed by atoms with Gasteiger partial charge in [-0.3, -0.25) is 4.79 Å². The topological polar surface area (TPSA) is 56.8 Å². The number of hydrogen-bond donors (Lipinski definition) is 1. The molecule has 0 radical (unpaired) electrons. The van der Waals surface area contributed by atoms with E-state index in [0.29, 0.717) is 25.3 Å². The van der Waals surface area contributed by atoms with Gasteiger partial charge in [0.15, 0.2) is 6.10 Å². The van der Waals surface area contributed by atoms with Crippen molar-refractivity contribution >= 4 is 5.91 Å². The standard InChI is InChI=1S/C21H27NO4/c1-5-19(26-20-11-6-8-15(2)16(20)3)21(23)22-12-13-25-18-10-7-9-17(14-18)24-4/h6-11,14,19H,5,12-13H2,1-4H3,(H,22,23). The quantitative estimate of drug-likeness (QED) is 0.696. The van der Waals surface area contributed by atoms with E-state index >= 15 is 0 Å². The highest BCUT2D eigenvalue weighted by atomic mass is 16.5. The molecule has 0 bridgehead atoms. The zero-order valence-electron chi connectivity index (χ0n) is 15.9. The molecule has 1 unspecified atom stereocenters. The molecule has 140 valence electrons. The molecule has 2 aromatic carbocycles. The van der Waals surface area contributed by atoms with Crippen LogP contribution in [0.25, 0.3) is 0 Å². The average Bonchev–Trinajstić information content (AvgIpc) is 2.66. The summed E-state index contributed by atoms with van der Waals surface area (Å²) in [5, 5.41) is 2.87. The van der Waals surface area contributed by atoms with Gasteiger partial charge in [-0.05, 0) is 49.6 Å². The Labute approximate surface area is 155 Å². The van der Waals surface area contributed by atoms with Crippen molar-refractivity contribution < 1.29 is 19.0 Å². The maximum atomic E-state index is 12.4. The Bertz CT molecular complexity index is 730. The molecule has 5 heteroatoms. The minimum atomic E-state index is -0.521. The second-order valence-electron chi connectivity index (χ2n) is 6.03. The fraction of sp³-hybridized carbons (Fsp3) is 0.381. The molecular formula is C21H27NO4. The number of hydrogen-bond acceptors (Lipinski definition) is 4. The Morgan fingerprint density at radius 2 is 1.85 bits per heavy atom. The van der Waals surface area contributed by atoms with Gasteiger partial charge in [0.2, 0.25) is 0 Å². The lowest BCUT2D eigenvalue weighted by Gasteiger charge is -2.19. The van der Waals surface area contributed by atoms with Crippen molar-refractivity contribution in [3.63, 3.8) is 0 Å². The molecule has 1 atom stereocenters. The SMILES string of the molecule is CCC(Oc1cccc(C)c1C)C(=O)NCCOc1cccc(OC)c1. The summed E-state index contributed by atoms with van der Waals surface area (Å²) < 4.78 is 16.7. The molecular weight excluding hydrogens is 330 g/mol. The molecule has 26 heavy (non-hydrogen) atoms. The van der Waals surface area contributed by atoms with Crippen LogP contribution in [0.1, 0.15) is 24.5 Å². The maximum Gasteiger partial charge on any atom is 0.261 e. The van der Waals surface area contributed by atoms with Crippen LogP contribution in [0.3, 0.4) is 0 Å². The molecule has 0 spiro atoms. The van der Waals surface area contributed by atoms with E-state index in [0.717, 1.165) is 22.6 Å². The summed E-state index contributed by atoms with van der Waals surface area (Å²) in [5.74, 6) is 2.05. The highest BCUT2D eigenvalue weighted by Crippen LogP contribution is 2.22. The van der Waals surface area contributed by atoms with Gasteiger partial charge in [-0.1, -0.05) is 25.1 Å². The van der Waals surface area contributed by atoms with Crippen molar-refractivity contribution in [3.8, 4) is 17.2 Å². The third-order valence-corrected chi connectivity index (χ3v) is 4.20. The summed E-state index contributed by atoms with van der Waals surface area (Å²) in [5.41, 5.74) is 2.20. The van der Waals surface area contributed by atoms with Crippen LogP contribution in [0.5, 0.6) is 17.2 Å². The lowest BCUT2D eigenvalue weighted by atomic mass is 10.1. The average molecular weight is 357 g/mol. The van der Waals surface area contributed by atoms with Gasteiger partial charge in [0.1, 0.15) is 23.9 Å². The molecule has 0 aliphatic rings. The predicted molar refractivity (Wildman–Crippen MR) is 102 cm³/mol. The van der Waals surface area contributed by atoms with Crippen molar-refractivity contribution in [3.05, 3.63) is 53.6 Å². The van der Waals surface area contributed by atoms with Crippen molar-refractivity contribution in [1.29, 1.82) is 0 Å². The highest BCUT2D eigenvalue weighted by Gasteiger charge is 2.19. The van der Waals surface area contributed by atoms with E-state index in [4.69, 9.17) is 14.2 Å². The molecule has 0 aliphatic carbocycles. The molecule has 0 aliphatic heterocycles. The van der Waals surface area contributed by atoms with Crippen LogP contribution in [0, 0.1) is 13.8 Å². The lowest BCUT2D eigenvalue weighted by Crippen LogP contribution is -2.39. The van der Waals surface area contributed by atoms with E-state index < -0.39 is 6.10 Å². The first-order valence-electron chi connectivity index (χ1n) is 8.82. The monoisotopic (exact) mass is 357 g/mol. The van der Waals surface area contributed by atoms with Crippen molar-refractivity contribution in [2.24, 2.45) is 0 Å². The summed E-state index contributed by atoms with van der Waals surface area (Å²) in [6.45, 7) is 6.74. The van der Waals surface area contributed by atoms with Crippen LogP contribution in [-0.2, 0) is 4.79 Å². The van der Waals surface area contributed by atoms with Crippen LogP contribution in [0.2, 0.25) is 0 Å². The number of methoxy groups -OCH3 is 1. The van der Waals surface area contributed by atoms with Crippen LogP contribution >= 0.6 is 0 Å². The fourth-order valence-electron chi connectivity index (χ4n) is 2.48. The van der Waals surface area contributed by atoms with Crippen molar-refractivity contribution in [2.45, 2.75) is 33.3 Å². The van der Waals surface area contributed by atoms with Gasteiger partial charge in [0, 0.05) is 6.07 Å². The maximum absolute atomic E-state index is 12.4. The number of ether oxygens (including phenoxy) is 3. The molecule has 0 heterocycles. The van der Waals surface area contributed by atoms with Crippen LogP contribution in [0.15, 0.2) is 42.5 Å². The van der Waals surface area contributed by atoms with E-state index in [-0.39, 0.29) is 5.91 Å². The Hall–Kier alpha value is -2.69. The Kier molecular flexibility index (Phi) is 7.33. The summed E-state index contributed by atoms with van der Waals surface area (Å²) in [7, 11) is 1.61. The lowest BCUT2D eigenvalue weighted by molar-refractivity contribution is -0.128. The molecule has 0 aromatic heterocycles. The van der Waals surface area contributed by atoms with Gasteiger partial charge in [-0.2, -0.15) is 0 Å². The number of nitrogens with one attached hydrogen (secondary N) is 1. The summed E-state index contributed by atoms with van der Waals surface area (Å²) >= 11 is 0. The number of carbonyl (C=O) groups is 1. The molecule has 1 N–H and O–H groups in total. The van der Waals surface area contributed by atoms with E-state index in [2.05, 4.69) is 5.32 Å². The van der Waals surface area contributed by atoms with E-state index in [1.807, 2.05) is 57.2 Å². The molecule has 0 saturated heterocycles. The smallest absolute Gasteiger partial charge is 0.261 e. The Morgan fingerprint density at radius 1 is 1.12 bits per heavy atom. The summed E-state index contributed by atoms with van der Waals surface area (Å²) in [4.78, 5) is 12.4. The van der Waals surface area contributed by atoms with E-state index in [9.17, 15) is 4.79 Å². The minimum Gasteiger partial charge on any atom is -0.497 e. The zero-order chi connectivity index (χ0) is 18.9. The Morgan fingerprint density at radius 3 is 2.58 bits per heavy atom. The highest BCUT2D eigenvalue weighted by molar-refractivity contribution is 5.81. The second kappa shape index (κ2) is 9.70. The van der Waals surface area contributed by atoms with E-state index in [1.165, 1.54) is 0 Å². The number of carbonyl (C=O) groups excluding carboxylic acids is 1. The fourth-order valence-corrected chi connectivity index (χ4v) is 2.48. The van der Waals surface area contributed by atoms with E-state index in [1.54, 1.807) is 13.2 Å². The van der Waals surface area contributed by atoms with Gasteiger partial charge in [-0.25, -0.2) is 0 Å². The first kappa shape index (κ1) is 19.6. The zero-order valence-corrected chi connectivity index (χ0v) is 15.9. The third kappa shape index (κ3) is 5.41. The van der Waals surface area contributed by atoms with Gasteiger partial charge in [0.25, 0.3) is 5.91 Å². The van der Waals surface area contributed by atoms with Gasteiger partial charge < -0.3 is 19.5 Å². The minimum absolute atomic E-state index is 0.136. The van der Waals surface area contributed by atoms with Crippen molar-refractivity contribution in [1.82, 2.24) is 5.32 Å². The third-order valence-electron chi connectivity index (χ3n) is 4.20. The first-order chi connectivity index (χ1) is 12.5.